The summed E-state index contributed by atoms with van der Waals surface area (Å²) in [5.41, 5.74) is 2.57. The Morgan fingerprint density at radius 2 is 1.79 bits per heavy atom. The van der Waals surface area contributed by atoms with Crippen molar-refractivity contribution in [1.29, 1.82) is 0 Å². The van der Waals surface area contributed by atoms with Crippen LogP contribution in [0.25, 0.3) is 0 Å². The van der Waals surface area contributed by atoms with E-state index in [0.29, 0.717) is 23.9 Å². The van der Waals surface area contributed by atoms with E-state index >= 15 is 0 Å². The van der Waals surface area contributed by atoms with Gasteiger partial charge in [0.25, 0.3) is 0 Å². The maximum Gasteiger partial charge on any atom is 0.230 e. The van der Waals surface area contributed by atoms with Gasteiger partial charge in [0, 0.05) is 23.7 Å². The van der Waals surface area contributed by atoms with Gasteiger partial charge in [0.15, 0.2) is 0 Å². The number of nitrogens with zero attached hydrogens (tertiary/aromatic N) is 1. The molecule has 6 heteroatoms. The first-order valence-electron chi connectivity index (χ1n) is 12.0. The molecular formula is C27H36ClN3O2. The van der Waals surface area contributed by atoms with Crippen LogP contribution in [0.15, 0.2) is 48.5 Å². The topological polar surface area (TPSA) is 61.4 Å². The molecule has 0 spiro atoms. The van der Waals surface area contributed by atoms with Gasteiger partial charge in [-0.1, -0.05) is 42.8 Å². The molecule has 1 saturated heterocycles. The summed E-state index contributed by atoms with van der Waals surface area (Å²) < 4.78 is 0. The fraction of sp³-hybridized carbons (Fsp3) is 0.481. The Hall–Kier alpha value is -2.37. The fourth-order valence-corrected chi connectivity index (χ4v) is 4.46. The van der Waals surface area contributed by atoms with Crippen molar-refractivity contribution in [3.8, 4) is 0 Å². The summed E-state index contributed by atoms with van der Waals surface area (Å²) in [6.07, 6.45) is 3.65. The van der Waals surface area contributed by atoms with E-state index in [2.05, 4.69) is 27.7 Å². The second-order valence-electron chi connectivity index (χ2n) is 9.38. The highest BCUT2D eigenvalue weighted by Crippen LogP contribution is 2.30. The van der Waals surface area contributed by atoms with Gasteiger partial charge in [0.1, 0.15) is 0 Å². The van der Waals surface area contributed by atoms with Gasteiger partial charge in [-0.25, -0.2) is 0 Å². The number of likely N-dealkylation sites (tertiary alicyclic amines) is 1. The average molecular weight is 470 g/mol. The molecular weight excluding hydrogens is 434 g/mol. The van der Waals surface area contributed by atoms with Crippen molar-refractivity contribution in [2.75, 3.05) is 31.5 Å². The zero-order chi connectivity index (χ0) is 23.8. The predicted octanol–water partition coefficient (Wildman–Crippen LogP) is 5.35. The van der Waals surface area contributed by atoms with Crippen LogP contribution >= 0.6 is 11.6 Å². The molecule has 2 aromatic carbocycles. The average Bonchev–Trinajstić information content (AvgIpc) is 2.82. The number of nitrogens with one attached hydrogen (secondary N) is 2. The molecule has 0 aliphatic carbocycles. The molecule has 0 unspecified atom stereocenters. The van der Waals surface area contributed by atoms with Crippen molar-refractivity contribution in [2.24, 2.45) is 0 Å². The van der Waals surface area contributed by atoms with Gasteiger partial charge in [-0.2, -0.15) is 0 Å². The van der Waals surface area contributed by atoms with Gasteiger partial charge in [-0.05, 0) is 94.1 Å². The quantitative estimate of drug-likeness (QED) is 0.486. The summed E-state index contributed by atoms with van der Waals surface area (Å²) in [7, 11) is 0. The first kappa shape index (κ1) is 25.3. The maximum atomic E-state index is 12.7. The van der Waals surface area contributed by atoms with Crippen molar-refractivity contribution in [3.63, 3.8) is 0 Å². The monoisotopic (exact) mass is 469 g/mol. The molecule has 1 aliphatic rings. The minimum atomic E-state index is -0.589. The van der Waals surface area contributed by atoms with Gasteiger partial charge >= 0.3 is 0 Å². The van der Waals surface area contributed by atoms with E-state index in [1.807, 2.05) is 57.2 Å². The highest BCUT2D eigenvalue weighted by Gasteiger charge is 2.29. The smallest absolute Gasteiger partial charge is 0.230 e. The molecule has 178 valence electrons. The van der Waals surface area contributed by atoms with Gasteiger partial charge in [0.2, 0.25) is 11.8 Å². The number of carbonyl (C=O) groups excluding carboxylic acids is 2. The molecule has 5 nitrogen and oxygen atoms in total. The molecule has 1 aliphatic heterocycles. The summed E-state index contributed by atoms with van der Waals surface area (Å²) in [6, 6.07) is 15.8. The van der Waals surface area contributed by atoms with Gasteiger partial charge in [-0.15, -0.1) is 0 Å². The number of hydrogen-bond acceptors (Lipinski definition) is 3. The van der Waals surface area contributed by atoms with Crippen molar-refractivity contribution in [3.05, 3.63) is 64.7 Å². The number of carbonyl (C=O) groups is 2. The first-order valence-corrected chi connectivity index (χ1v) is 12.3. The summed E-state index contributed by atoms with van der Waals surface area (Å²) in [6.45, 7) is 9.52. The van der Waals surface area contributed by atoms with Crippen LogP contribution in [-0.4, -0.2) is 42.9 Å². The third kappa shape index (κ3) is 7.05. The Morgan fingerprint density at radius 3 is 2.45 bits per heavy atom. The Morgan fingerprint density at radius 1 is 1.09 bits per heavy atom. The molecule has 1 heterocycles. The molecule has 0 atom stereocenters. The third-order valence-electron chi connectivity index (χ3n) is 6.62. The van der Waals surface area contributed by atoms with E-state index in [4.69, 9.17) is 11.6 Å². The summed E-state index contributed by atoms with van der Waals surface area (Å²) in [5, 5.41) is 6.74. The normalized spacial score (nSPS) is 15.3. The Bertz CT molecular complexity index is 935. The van der Waals surface area contributed by atoms with Crippen LogP contribution in [0.3, 0.4) is 0 Å². The highest BCUT2D eigenvalue weighted by atomic mass is 35.5. The number of rotatable bonds is 9. The predicted molar refractivity (Wildman–Crippen MR) is 136 cm³/mol. The second kappa shape index (κ2) is 11.7. The minimum absolute atomic E-state index is 0.0403. The van der Waals surface area contributed by atoms with E-state index < -0.39 is 5.41 Å². The zero-order valence-corrected chi connectivity index (χ0v) is 20.8. The van der Waals surface area contributed by atoms with E-state index in [-0.39, 0.29) is 11.8 Å². The molecule has 0 aromatic heterocycles. The Kier molecular flexibility index (Phi) is 8.93. The largest absolute Gasteiger partial charge is 0.355 e. The minimum Gasteiger partial charge on any atom is -0.355 e. The molecule has 3 rings (SSSR count). The van der Waals surface area contributed by atoms with E-state index in [1.54, 1.807) is 0 Å². The first-order chi connectivity index (χ1) is 15.8. The molecule has 1 fully saturated rings. The van der Waals surface area contributed by atoms with E-state index in [9.17, 15) is 9.59 Å². The van der Waals surface area contributed by atoms with E-state index in [0.717, 1.165) is 50.1 Å². The number of hydrogen-bond donors (Lipinski definition) is 2. The molecule has 2 amide bonds. The van der Waals surface area contributed by atoms with Crippen molar-refractivity contribution in [1.82, 2.24) is 10.2 Å². The number of amides is 2. The molecule has 2 aromatic rings. The van der Waals surface area contributed by atoms with Crippen LogP contribution in [0.1, 0.15) is 63.5 Å². The van der Waals surface area contributed by atoms with Crippen LogP contribution in [0.5, 0.6) is 0 Å². The standard InChI is InChI=1S/C27H36ClN3O2/c1-4-25(32)30-24-8-5-7-21(19-24)20-13-17-31(18-14-20)16-6-15-29-26(33)27(2,3)22-9-11-23(28)12-10-22/h5,7-12,19-20H,4,6,13-18H2,1-3H3,(H,29,33)(H,30,32). The fourth-order valence-electron chi connectivity index (χ4n) is 4.33. The second-order valence-corrected chi connectivity index (χ2v) is 9.82. The van der Waals surface area contributed by atoms with Gasteiger partial charge in [-0.3, -0.25) is 9.59 Å². The molecule has 2 N–H and O–H groups in total. The third-order valence-corrected chi connectivity index (χ3v) is 6.87. The molecule has 0 bridgehead atoms. The van der Waals surface area contributed by atoms with Gasteiger partial charge < -0.3 is 15.5 Å². The maximum absolute atomic E-state index is 12.7. The lowest BCUT2D eigenvalue weighted by molar-refractivity contribution is -0.125. The van der Waals surface area contributed by atoms with Crippen LogP contribution in [0.2, 0.25) is 5.02 Å². The summed E-state index contributed by atoms with van der Waals surface area (Å²) in [5.74, 6) is 0.615. The van der Waals surface area contributed by atoms with Gasteiger partial charge in [0.05, 0.1) is 5.41 Å². The Labute approximate surface area is 202 Å². The number of piperidine rings is 1. The molecule has 33 heavy (non-hydrogen) atoms. The van der Waals surface area contributed by atoms with Crippen molar-refractivity contribution < 1.29 is 9.59 Å². The SMILES string of the molecule is CCC(=O)Nc1cccc(C2CCN(CCCNC(=O)C(C)(C)c3ccc(Cl)cc3)CC2)c1. The lowest BCUT2D eigenvalue weighted by Crippen LogP contribution is -2.41. The number of anilines is 1. The van der Waals surface area contributed by atoms with Crippen molar-refractivity contribution in [2.45, 2.75) is 57.8 Å². The van der Waals surface area contributed by atoms with Crippen LogP contribution in [0, 0.1) is 0 Å². The Balaban J connectivity index is 1.39. The van der Waals surface area contributed by atoms with Crippen molar-refractivity contribution >= 4 is 29.1 Å². The molecule has 0 saturated carbocycles. The number of benzene rings is 2. The lowest BCUT2D eigenvalue weighted by Gasteiger charge is -2.32. The molecule has 0 radical (unpaired) electrons. The van der Waals surface area contributed by atoms with E-state index in [1.165, 1.54) is 5.56 Å². The zero-order valence-electron chi connectivity index (χ0n) is 20.0. The van der Waals surface area contributed by atoms with Crippen LogP contribution in [0.4, 0.5) is 5.69 Å². The van der Waals surface area contributed by atoms with Crippen LogP contribution in [-0.2, 0) is 15.0 Å². The summed E-state index contributed by atoms with van der Waals surface area (Å²) >= 11 is 5.97. The van der Waals surface area contributed by atoms with Crippen LogP contribution < -0.4 is 10.6 Å². The summed E-state index contributed by atoms with van der Waals surface area (Å²) in [4.78, 5) is 26.9. The number of halogens is 1. The highest BCUT2D eigenvalue weighted by molar-refractivity contribution is 6.30. The lowest BCUT2D eigenvalue weighted by atomic mass is 9.84.